The number of para-hydroxylation sites is 1. The van der Waals surface area contributed by atoms with E-state index in [1.165, 1.54) is 4.31 Å². The van der Waals surface area contributed by atoms with Gasteiger partial charge in [0.2, 0.25) is 15.9 Å². The first-order valence-corrected chi connectivity index (χ1v) is 12.3. The third-order valence-corrected chi connectivity index (χ3v) is 7.38. The van der Waals surface area contributed by atoms with Crippen LogP contribution < -0.4 is 4.90 Å². The number of amides is 1. The smallest absolute Gasteiger partial charge is 0.242 e. The first-order chi connectivity index (χ1) is 14.9. The van der Waals surface area contributed by atoms with Crippen LogP contribution >= 0.6 is 0 Å². The number of anilines is 1. The molecule has 1 atom stereocenters. The molecule has 1 aliphatic rings. The van der Waals surface area contributed by atoms with Crippen molar-refractivity contribution in [3.05, 3.63) is 66.2 Å². The molecular formula is C23H31N3O4S. The largest absolute Gasteiger partial charge is 0.391 e. The average molecular weight is 446 g/mol. The molecule has 1 saturated heterocycles. The molecule has 8 heteroatoms. The first kappa shape index (κ1) is 23.2. The highest BCUT2D eigenvalue weighted by Crippen LogP contribution is 2.17. The van der Waals surface area contributed by atoms with Gasteiger partial charge in [0.15, 0.2) is 0 Å². The first-order valence-electron chi connectivity index (χ1n) is 10.7. The highest BCUT2D eigenvalue weighted by Gasteiger charge is 2.29. The van der Waals surface area contributed by atoms with E-state index >= 15 is 0 Å². The summed E-state index contributed by atoms with van der Waals surface area (Å²) in [4.78, 5) is 16.5. The van der Waals surface area contributed by atoms with Crippen molar-refractivity contribution in [3.8, 4) is 0 Å². The summed E-state index contributed by atoms with van der Waals surface area (Å²) in [5.41, 5.74) is 1.64. The molecule has 1 N–H and O–H groups in total. The Hall–Kier alpha value is -2.42. The molecular weight excluding hydrogens is 414 g/mol. The van der Waals surface area contributed by atoms with Crippen LogP contribution in [-0.2, 0) is 20.6 Å². The molecule has 1 fully saturated rings. The standard InChI is InChI=1S/C23H31N3O4S/c1-2-22(27)17-25(21-11-7-4-8-12-21)18-23(28)24-13-15-26(16-14-24)31(29,30)19-20-9-5-3-6-10-20/h3-12,22,27H,2,13-19H2,1H3. The zero-order chi connectivity index (χ0) is 22.3. The predicted molar refractivity (Wildman–Crippen MR) is 122 cm³/mol. The fourth-order valence-corrected chi connectivity index (χ4v) is 5.15. The van der Waals surface area contributed by atoms with Gasteiger partial charge in [-0.2, -0.15) is 4.31 Å². The van der Waals surface area contributed by atoms with Gasteiger partial charge in [0, 0.05) is 38.4 Å². The van der Waals surface area contributed by atoms with Gasteiger partial charge < -0.3 is 14.9 Å². The molecule has 0 aromatic heterocycles. The number of aliphatic hydroxyl groups is 1. The van der Waals surface area contributed by atoms with Crippen molar-refractivity contribution < 1.29 is 18.3 Å². The maximum absolute atomic E-state index is 12.9. The van der Waals surface area contributed by atoms with Gasteiger partial charge in [-0.05, 0) is 24.1 Å². The van der Waals surface area contributed by atoms with Gasteiger partial charge in [0.05, 0.1) is 18.4 Å². The third kappa shape index (κ3) is 6.53. The Balaban J connectivity index is 1.58. The summed E-state index contributed by atoms with van der Waals surface area (Å²) < 4.78 is 26.9. The molecule has 31 heavy (non-hydrogen) atoms. The van der Waals surface area contributed by atoms with Crippen molar-refractivity contribution in [1.29, 1.82) is 0 Å². The van der Waals surface area contributed by atoms with Gasteiger partial charge in [0.1, 0.15) is 0 Å². The molecule has 0 bridgehead atoms. The average Bonchev–Trinajstić information content (AvgIpc) is 2.79. The van der Waals surface area contributed by atoms with E-state index in [4.69, 9.17) is 0 Å². The number of hydrogen-bond acceptors (Lipinski definition) is 5. The lowest BCUT2D eigenvalue weighted by atomic mass is 10.2. The molecule has 0 saturated carbocycles. The van der Waals surface area contributed by atoms with E-state index < -0.39 is 16.1 Å². The molecule has 0 spiro atoms. The van der Waals surface area contributed by atoms with Crippen molar-refractivity contribution in [2.75, 3.05) is 44.2 Å². The maximum Gasteiger partial charge on any atom is 0.242 e. The molecule has 1 unspecified atom stereocenters. The SMILES string of the molecule is CCC(O)CN(CC(=O)N1CCN(S(=O)(=O)Cc2ccccc2)CC1)c1ccccc1. The molecule has 2 aromatic rings. The van der Waals surface area contributed by atoms with Crippen molar-refractivity contribution >= 4 is 21.6 Å². The molecule has 168 valence electrons. The molecule has 0 radical (unpaired) electrons. The van der Waals surface area contributed by atoms with Crippen LogP contribution in [0.4, 0.5) is 5.69 Å². The van der Waals surface area contributed by atoms with E-state index in [1.54, 1.807) is 17.0 Å². The van der Waals surface area contributed by atoms with Gasteiger partial charge in [-0.15, -0.1) is 0 Å². The van der Waals surface area contributed by atoms with Crippen molar-refractivity contribution in [1.82, 2.24) is 9.21 Å². The van der Waals surface area contributed by atoms with E-state index in [0.29, 0.717) is 39.1 Å². The number of rotatable bonds is 9. The Labute approximate surface area is 184 Å². The van der Waals surface area contributed by atoms with Gasteiger partial charge in [0.25, 0.3) is 0 Å². The number of piperazine rings is 1. The van der Waals surface area contributed by atoms with Crippen molar-refractivity contribution in [3.63, 3.8) is 0 Å². The van der Waals surface area contributed by atoms with Gasteiger partial charge in [-0.25, -0.2) is 8.42 Å². The van der Waals surface area contributed by atoms with E-state index in [9.17, 15) is 18.3 Å². The minimum atomic E-state index is -3.42. The fourth-order valence-electron chi connectivity index (χ4n) is 3.64. The molecule has 7 nitrogen and oxygen atoms in total. The third-order valence-electron chi connectivity index (χ3n) is 5.53. The van der Waals surface area contributed by atoms with Gasteiger partial charge in [-0.3, -0.25) is 4.79 Å². The van der Waals surface area contributed by atoms with Crippen LogP contribution in [0.2, 0.25) is 0 Å². The number of hydrogen-bond donors (Lipinski definition) is 1. The van der Waals surface area contributed by atoms with Crippen LogP contribution in [0.25, 0.3) is 0 Å². The molecule has 3 rings (SSSR count). The van der Waals surface area contributed by atoms with Crippen LogP contribution in [0.1, 0.15) is 18.9 Å². The molecule has 1 heterocycles. The van der Waals surface area contributed by atoms with E-state index in [1.807, 2.05) is 60.4 Å². The Kier molecular flexibility index (Phi) is 8.06. The quantitative estimate of drug-likeness (QED) is 0.638. The Morgan fingerprint density at radius 2 is 1.58 bits per heavy atom. The minimum absolute atomic E-state index is 0.0293. The van der Waals surface area contributed by atoms with E-state index in [0.717, 1.165) is 11.3 Å². The van der Waals surface area contributed by atoms with Crippen LogP contribution in [0, 0.1) is 0 Å². The zero-order valence-corrected chi connectivity index (χ0v) is 18.7. The van der Waals surface area contributed by atoms with Gasteiger partial charge >= 0.3 is 0 Å². The second-order valence-corrected chi connectivity index (χ2v) is 9.77. The minimum Gasteiger partial charge on any atom is -0.391 e. The summed E-state index contributed by atoms with van der Waals surface area (Å²) >= 11 is 0. The molecule has 2 aromatic carbocycles. The summed E-state index contributed by atoms with van der Waals surface area (Å²) in [6.45, 7) is 3.76. The monoisotopic (exact) mass is 445 g/mol. The predicted octanol–water partition coefficient (Wildman–Crippen LogP) is 1.94. The number of sulfonamides is 1. The van der Waals surface area contributed by atoms with Crippen LogP contribution in [0.3, 0.4) is 0 Å². The summed E-state index contributed by atoms with van der Waals surface area (Å²) in [7, 11) is -3.42. The van der Waals surface area contributed by atoms with Crippen LogP contribution in [-0.4, -0.2) is 74.0 Å². The lowest BCUT2D eigenvalue weighted by Gasteiger charge is -2.36. The summed E-state index contributed by atoms with van der Waals surface area (Å²) in [5, 5.41) is 10.1. The topological polar surface area (TPSA) is 81.2 Å². The summed E-state index contributed by atoms with van der Waals surface area (Å²) in [6, 6.07) is 18.7. The number of aliphatic hydroxyl groups excluding tert-OH is 1. The van der Waals surface area contributed by atoms with Crippen molar-refractivity contribution in [2.45, 2.75) is 25.2 Å². The highest BCUT2D eigenvalue weighted by molar-refractivity contribution is 7.88. The second-order valence-electron chi connectivity index (χ2n) is 7.80. The molecule has 1 aliphatic heterocycles. The van der Waals surface area contributed by atoms with Crippen LogP contribution in [0.15, 0.2) is 60.7 Å². The number of carbonyl (C=O) groups excluding carboxylic acids is 1. The molecule has 1 amide bonds. The Morgan fingerprint density at radius 1 is 1.00 bits per heavy atom. The number of benzene rings is 2. The maximum atomic E-state index is 12.9. The number of carbonyl (C=O) groups is 1. The fraction of sp³-hybridized carbons (Fsp3) is 0.435. The highest BCUT2D eigenvalue weighted by atomic mass is 32.2. The number of nitrogens with zero attached hydrogens (tertiary/aromatic N) is 3. The Morgan fingerprint density at radius 3 is 2.16 bits per heavy atom. The van der Waals surface area contributed by atoms with Gasteiger partial charge in [-0.1, -0.05) is 55.5 Å². The lowest BCUT2D eigenvalue weighted by molar-refractivity contribution is -0.130. The Bertz CT molecular complexity index is 930. The summed E-state index contributed by atoms with van der Waals surface area (Å²) in [5.74, 6) is -0.0920. The second kappa shape index (κ2) is 10.7. The lowest BCUT2D eigenvalue weighted by Crippen LogP contribution is -2.53. The van der Waals surface area contributed by atoms with Crippen LogP contribution in [0.5, 0.6) is 0 Å². The normalized spacial score (nSPS) is 16.1. The summed E-state index contributed by atoms with van der Waals surface area (Å²) in [6.07, 6.45) is 0.0862. The van der Waals surface area contributed by atoms with E-state index in [-0.39, 0.29) is 18.2 Å². The van der Waals surface area contributed by atoms with E-state index in [2.05, 4.69) is 0 Å². The van der Waals surface area contributed by atoms with Crippen molar-refractivity contribution in [2.24, 2.45) is 0 Å². The zero-order valence-electron chi connectivity index (χ0n) is 17.9. The molecule has 0 aliphatic carbocycles.